The van der Waals surface area contributed by atoms with Gasteiger partial charge < -0.3 is 20.1 Å². The average molecular weight is 453 g/mol. The molecular formula is C24H25ClN4O3. The number of alkyl halides is 1. The number of benzene rings is 2. The molecule has 166 valence electrons. The van der Waals surface area contributed by atoms with Gasteiger partial charge in [-0.25, -0.2) is 0 Å². The number of nitrogens with zero attached hydrogens (tertiary/aromatic N) is 2. The molecule has 1 aromatic heterocycles. The number of halogens is 1. The number of amides is 3. The minimum atomic E-state index is -0.678. The number of carbonyl (C=O) groups is 3. The molecule has 2 N–H and O–H groups in total. The first-order chi connectivity index (χ1) is 15.3. The van der Waals surface area contributed by atoms with Crippen molar-refractivity contribution in [2.75, 3.05) is 25.3 Å². The number of anilines is 1. The van der Waals surface area contributed by atoms with E-state index in [1.807, 2.05) is 36.4 Å². The van der Waals surface area contributed by atoms with Gasteiger partial charge in [-0.2, -0.15) is 0 Å². The highest BCUT2D eigenvalue weighted by molar-refractivity contribution is 6.27. The second-order valence-electron chi connectivity index (χ2n) is 8.16. The molecule has 0 radical (unpaired) electrons. The van der Waals surface area contributed by atoms with Crippen LogP contribution in [-0.4, -0.2) is 58.5 Å². The monoisotopic (exact) mass is 452 g/mol. The summed E-state index contributed by atoms with van der Waals surface area (Å²) in [6.45, 7) is 1.45. The summed E-state index contributed by atoms with van der Waals surface area (Å²) in [5.74, 6) is -0.858. The van der Waals surface area contributed by atoms with E-state index in [1.54, 1.807) is 31.1 Å². The third-order valence-electron chi connectivity index (χ3n) is 5.81. The van der Waals surface area contributed by atoms with Gasteiger partial charge in [-0.15, -0.1) is 11.6 Å². The molecule has 1 aliphatic rings. The van der Waals surface area contributed by atoms with Crippen LogP contribution in [0.2, 0.25) is 0 Å². The molecule has 0 aliphatic carbocycles. The molecule has 3 aromatic rings. The zero-order valence-corrected chi connectivity index (χ0v) is 18.9. The van der Waals surface area contributed by atoms with Gasteiger partial charge in [0.25, 0.3) is 0 Å². The van der Waals surface area contributed by atoms with E-state index in [9.17, 15) is 14.4 Å². The van der Waals surface area contributed by atoms with E-state index in [0.29, 0.717) is 12.1 Å². The number of likely N-dealkylation sites (N-methyl/N-ethyl adjacent to an activating group) is 1. The van der Waals surface area contributed by atoms with Crippen LogP contribution in [0.3, 0.4) is 0 Å². The summed E-state index contributed by atoms with van der Waals surface area (Å²) in [7, 11) is 3.38. The summed E-state index contributed by atoms with van der Waals surface area (Å²) in [6.07, 6.45) is 0.402. The Morgan fingerprint density at radius 3 is 2.44 bits per heavy atom. The van der Waals surface area contributed by atoms with Gasteiger partial charge in [0.15, 0.2) is 0 Å². The number of hydrogen-bond donors (Lipinski definition) is 2. The molecule has 2 aromatic carbocycles. The lowest BCUT2D eigenvalue weighted by molar-refractivity contribution is -0.145. The van der Waals surface area contributed by atoms with Gasteiger partial charge in [-0.05, 0) is 29.3 Å². The molecule has 0 saturated heterocycles. The molecule has 0 unspecified atom stereocenters. The molecule has 2 atom stereocenters. The maximum absolute atomic E-state index is 13.2. The van der Waals surface area contributed by atoms with Gasteiger partial charge >= 0.3 is 0 Å². The van der Waals surface area contributed by atoms with Gasteiger partial charge in [0.1, 0.15) is 11.9 Å². The van der Waals surface area contributed by atoms with Gasteiger partial charge in [0, 0.05) is 49.7 Å². The number of H-pyrrole nitrogens is 1. The number of hydrogen-bond acceptors (Lipinski definition) is 3. The summed E-state index contributed by atoms with van der Waals surface area (Å²) < 4.78 is 0. The average Bonchev–Trinajstić information content (AvgIpc) is 3.15. The number of fused-ring (bicyclic) bond motifs is 3. The number of carbonyl (C=O) groups excluding carboxylic acids is 3. The minimum absolute atomic E-state index is 0.153. The number of aromatic nitrogens is 1. The maximum Gasteiger partial charge on any atom is 0.245 e. The van der Waals surface area contributed by atoms with Gasteiger partial charge in [-0.1, -0.05) is 30.3 Å². The van der Waals surface area contributed by atoms with E-state index in [-0.39, 0.29) is 23.6 Å². The van der Waals surface area contributed by atoms with Crippen LogP contribution in [0.4, 0.5) is 5.69 Å². The predicted octanol–water partition coefficient (Wildman–Crippen LogP) is 3.30. The molecule has 4 rings (SSSR count). The summed E-state index contributed by atoms with van der Waals surface area (Å²) in [5.41, 5.74) is 4.33. The first kappa shape index (κ1) is 21.9. The minimum Gasteiger partial charge on any atom is -0.356 e. The quantitative estimate of drug-likeness (QED) is 0.595. The summed E-state index contributed by atoms with van der Waals surface area (Å²) in [5, 5.41) is 3.79. The predicted molar refractivity (Wildman–Crippen MR) is 125 cm³/mol. The fourth-order valence-corrected chi connectivity index (χ4v) is 4.59. The molecule has 0 fully saturated rings. The van der Waals surface area contributed by atoms with E-state index in [1.165, 1.54) is 11.8 Å². The van der Waals surface area contributed by atoms with Crippen molar-refractivity contribution in [3.05, 3.63) is 65.4 Å². The first-order valence-corrected chi connectivity index (χ1v) is 10.9. The third-order valence-corrected chi connectivity index (χ3v) is 6.04. The summed E-state index contributed by atoms with van der Waals surface area (Å²) in [6, 6.07) is 14.0. The lowest BCUT2D eigenvalue weighted by atomic mass is 9.87. The van der Waals surface area contributed by atoms with Crippen LogP contribution in [0.25, 0.3) is 10.9 Å². The fraction of sp³-hybridized carbons (Fsp3) is 0.292. The molecule has 7 nitrogen and oxygen atoms in total. The van der Waals surface area contributed by atoms with Gasteiger partial charge in [0.05, 0.1) is 6.04 Å². The number of aromatic amines is 1. The van der Waals surface area contributed by atoms with Crippen molar-refractivity contribution in [2.45, 2.75) is 25.4 Å². The Morgan fingerprint density at radius 1 is 1.12 bits per heavy atom. The number of rotatable bonds is 4. The lowest BCUT2D eigenvalue weighted by Gasteiger charge is -2.42. The Labute approximate surface area is 191 Å². The molecule has 1 aliphatic heterocycles. The molecular weight excluding hydrogens is 428 g/mol. The zero-order valence-electron chi connectivity index (χ0n) is 18.2. The van der Waals surface area contributed by atoms with Crippen molar-refractivity contribution in [2.24, 2.45) is 0 Å². The first-order valence-electron chi connectivity index (χ1n) is 10.4. The Balaban J connectivity index is 1.91. The van der Waals surface area contributed by atoms with Crippen LogP contribution >= 0.6 is 11.6 Å². The van der Waals surface area contributed by atoms with Crippen molar-refractivity contribution < 1.29 is 14.4 Å². The van der Waals surface area contributed by atoms with E-state index >= 15 is 0 Å². The Kier molecular flexibility index (Phi) is 5.93. The molecule has 2 heterocycles. The second kappa shape index (κ2) is 8.67. The topological polar surface area (TPSA) is 85.5 Å². The van der Waals surface area contributed by atoms with E-state index in [4.69, 9.17) is 11.6 Å². The van der Waals surface area contributed by atoms with Crippen molar-refractivity contribution >= 4 is 45.9 Å². The highest BCUT2D eigenvalue weighted by Crippen LogP contribution is 2.41. The van der Waals surface area contributed by atoms with Crippen LogP contribution in [0.1, 0.15) is 29.8 Å². The van der Waals surface area contributed by atoms with Crippen LogP contribution in [0.15, 0.2) is 48.5 Å². The van der Waals surface area contributed by atoms with Gasteiger partial charge in [0.2, 0.25) is 17.7 Å². The molecule has 8 heteroatoms. The molecule has 0 spiro atoms. The smallest absolute Gasteiger partial charge is 0.245 e. The lowest BCUT2D eigenvalue weighted by Crippen LogP contribution is -2.54. The maximum atomic E-state index is 13.2. The van der Waals surface area contributed by atoms with Crippen molar-refractivity contribution in [3.8, 4) is 0 Å². The Morgan fingerprint density at radius 2 is 1.81 bits per heavy atom. The molecule has 0 bridgehead atoms. The van der Waals surface area contributed by atoms with E-state index in [2.05, 4.69) is 10.3 Å². The van der Waals surface area contributed by atoms with Crippen molar-refractivity contribution in [1.29, 1.82) is 0 Å². The summed E-state index contributed by atoms with van der Waals surface area (Å²) in [4.78, 5) is 44.2. The van der Waals surface area contributed by atoms with Crippen molar-refractivity contribution in [1.82, 2.24) is 14.8 Å². The van der Waals surface area contributed by atoms with Crippen LogP contribution in [0, 0.1) is 0 Å². The second-order valence-corrected chi connectivity index (χ2v) is 8.42. The highest BCUT2D eigenvalue weighted by atomic mass is 35.5. The SMILES string of the molecule is CC(=O)Nc1ccc([C@H]2c3[nH]c4ccccc4c3C[C@H](C(=O)N(C)C)N2C(=O)CCl)cc1. The third kappa shape index (κ3) is 3.84. The number of nitrogens with one attached hydrogen (secondary N) is 2. The Bertz CT molecular complexity index is 1190. The van der Waals surface area contributed by atoms with Crippen LogP contribution in [0.5, 0.6) is 0 Å². The molecule has 32 heavy (non-hydrogen) atoms. The van der Waals surface area contributed by atoms with E-state index in [0.717, 1.165) is 27.7 Å². The van der Waals surface area contributed by atoms with Gasteiger partial charge in [-0.3, -0.25) is 14.4 Å². The van der Waals surface area contributed by atoms with Crippen molar-refractivity contribution in [3.63, 3.8) is 0 Å². The standard InChI is InChI=1S/C24H25ClN4O3/c1-14(30)26-16-10-8-15(9-11-16)23-22-18(17-6-4-5-7-19(17)27-22)12-20(24(32)28(2)3)29(23)21(31)13-25/h4-11,20,23,27H,12-13H2,1-3H3,(H,26,30)/t20-,23+/m1/s1. The normalized spacial score (nSPS) is 17.7. The van der Waals surface area contributed by atoms with Crippen LogP contribution < -0.4 is 5.32 Å². The highest BCUT2D eigenvalue weighted by Gasteiger charge is 2.43. The largest absolute Gasteiger partial charge is 0.356 e. The van der Waals surface area contributed by atoms with Crippen LogP contribution in [-0.2, 0) is 20.8 Å². The zero-order chi connectivity index (χ0) is 23.0. The number of para-hydroxylation sites is 1. The fourth-order valence-electron chi connectivity index (χ4n) is 4.46. The molecule has 3 amide bonds. The Hall–Kier alpha value is -3.32. The molecule has 0 saturated carbocycles. The summed E-state index contributed by atoms with van der Waals surface area (Å²) >= 11 is 6.00. The van der Waals surface area contributed by atoms with E-state index < -0.39 is 12.1 Å².